The SMILES string of the molecule is COc1cccc(CN(C(=O)COc2ccc(Br)cc2Cl)[C@@H](Cc2ccccc2)C(=O)NC(C)C)c1. The minimum absolute atomic E-state index is 0.0811. The van der Waals surface area contributed by atoms with Crippen LogP contribution in [0.1, 0.15) is 25.0 Å². The molecule has 3 aromatic rings. The van der Waals surface area contributed by atoms with Crippen LogP contribution in [0.2, 0.25) is 5.02 Å². The van der Waals surface area contributed by atoms with E-state index in [1.165, 1.54) is 0 Å². The van der Waals surface area contributed by atoms with Gasteiger partial charge >= 0.3 is 0 Å². The molecule has 0 spiro atoms. The highest BCUT2D eigenvalue weighted by Gasteiger charge is 2.31. The van der Waals surface area contributed by atoms with Gasteiger partial charge in [-0.25, -0.2) is 0 Å². The Kier molecular flexibility index (Phi) is 10.2. The van der Waals surface area contributed by atoms with E-state index in [1.807, 2.05) is 68.4 Å². The molecule has 0 saturated heterocycles. The first-order chi connectivity index (χ1) is 17.3. The van der Waals surface area contributed by atoms with Crippen LogP contribution < -0.4 is 14.8 Å². The summed E-state index contributed by atoms with van der Waals surface area (Å²) >= 11 is 9.64. The third-order valence-electron chi connectivity index (χ3n) is 5.43. The van der Waals surface area contributed by atoms with Crippen LogP contribution >= 0.6 is 27.5 Å². The van der Waals surface area contributed by atoms with Gasteiger partial charge in [0.05, 0.1) is 12.1 Å². The lowest BCUT2D eigenvalue weighted by Gasteiger charge is -2.32. The summed E-state index contributed by atoms with van der Waals surface area (Å²) in [5.41, 5.74) is 1.78. The average Bonchev–Trinajstić information content (AvgIpc) is 2.85. The molecule has 36 heavy (non-hydrogen) atoms. The number of amides is 2. The normalized spacial score (nSPS) is 11.6. The Balaban J connectivity index is 1.93. The molecule has 0 unspecified atom stereocenters. The number of methoxy groups -OCH3 is 1. The fraction of sp³-hybridized carbons (Fsp3) is 0.286. The van der Waals surface area contributed by atoms with Crippen LogP contribution in [-0.4, -0.2) is 42.5 Å². The van der Waals surface area contributed by atoms with Crippen LogP contribution in [0.15, 0.2) is 77.3 Å². The van der Waals surface area contributed by atoms with Gasteiger partial charge in [0, 0.05) is 23.5 Å². The number of hydrogen-bond donors (Lipinski definition) is 1. The van der Waals surface area contributed by atoms with Gasteiger partial charge in [0.1, 0.15) is 17.5 Å². The third-order valence-corrected chi connectivity index (χ3v) is 6.22. The molecule has 0 fully saturated rings. The minimum Gasteiger partial charge on any atom is -0.497 e. The first-order valence-electron chi connectivity index (χ1n) is 11.6. The van der Waals surface area contributed by atoms with Gasteiger partial charge < -0.3 is 19.7 Å². The molecule has 6 nitrogen and oxygen atoms in total. The topological polar surface area (TPSA) is 67.9 Å². The van der Waals surface area contributed by atoms with E-state index in [1.54, 1.807) is 30.2 Å². The van der Waals surface area contributed by atoms with Crippen molar-refractivity contribution >= 4 is 39.3 Å². The minimum atomic E-state index is -0.752. The molecule has 0 bridgehead atoms. The number of nitrogens with zero attached hydrogens (tertiary/aromatic N) is 1. The van der Waals surface area contributed by atoms with Crippen molar-refractivity contribution in [1.82, 2.24) is 10.2 Å². The molecule has 1 atom stereocenters. The van der Waals surface area contributed by atoms with Gasteiger partial charge in [-0.05, 0) is 55.3 Å². The number of rotatable bonds is 11. The van der Waals surface area contributed by atoms with Crippen LogP contribution in [0, 0.1) is 0 Å². The van der Waals surface area contributed by atoms with E-state index in [2.05, 4.69) is 21.2 Å². The summed E-state index contributed by atoms with van der Waals surface area (Å²) in [7, 11) is 1.59. The quantitative estimate of drug-likeness (QED) is 0.322. The largest absolute Gasteiger partial charge is 0.497 e. The van der Waals surface area contributed by atoms with Crippen LogP contribution in [0.25, 0.3) is 0 Å². The summed E-state index contributed by atoms with van der Waals surface area (Å²) in [6.45, 7) is 3.72. The molecule has 0 aliphatic heterocycles. The molecule has 3 aromatic carbocycles. The maximum absolute atomic E-state index is 13.6. The van der Waals surface area contributed by atoms with E-state index in [4.69, 9.17) is 21.1 Å². The molecule has 0 aliphatic carbocycles. The fourth-order valence-corrected chi connectivity index (χ4v) is 4.44. The number of ether oxygens (including phenoxy) is 2. The zero-order chi connectivity index (χ0) is 26.1. The highest BCUT2D eigenvalue weighted by Crippen LogP contribution is 2.28. The van der Waals surface area contributed by atoms with E-state index in [9.17, 15) is 9.59 Å². The van der Waals surface area contributed by atoms with Crippen LogP contribution in [-0.2, 0) is 22.6 Å². The lowest BCUT2D eigenvalue weighted by molar-refractivity contribution is -0.143. The maximum atomic E-state index is 13.6. The molecular weight excluding hydrogens is 544 g/mol. The Labute approximate surface area is 225 Å². The predicted molar refractivity (Wildman–Crippen MR) is 145 cm³/mol. The molecule has 0 aliphatic rings. The second-order valence-electron chi connectivity index (χ2n) is 8.61. The number of hydrogen-bond acceptors (Lipinski definition) is 4. The first kappa shape index (κ1) is 27.6. The fourth-order valence-electron chi connectivity index (χ4n) is 3.72. The third kappa shape index (κ3) is 8.00. The van der Waals surface area contributed by atoms with Crippen molar-refractivity contribution in [3.8, 4) is 11.5 Å². The molecule has 2 amide bonds. The number of nitrogens with one attached hydrogen (secondary N) is 1. The van der Waals surface area contributed by atoms with Crippen molar-refractivity contribution in [3.63, 3.8) is 0 Å². The summed E-state index contributed by atoms with van der Waals surface area (Å²) in [5, 5.41) is 3.36. The van der Waals surface area contributed by atoms with Crippen molar-refractivity contribution in [2.75, 3.05) is 13.7 Å². The Morgan fingerprint density at radius 1 is 1.00 bits per heavy atom. The number of carbonyl (C=O) groups is 2. The Morgan fingerprint density at radius 2 is 1.72 bits per heavy atom. The van der Waals surface area contributed by atoms with Gasteiger partial charge in [-0.3, -0.25) is 9.59 Å². The van der Waals surface area contributed by atoms with E-state index < -0.39 is 6.04 Å². The standard InChI is InChI=1S/C28H30BrClN2O4/c1-19(2)31-28(34)25(15-20-8-5-4-6-9-20)32(17-21-10-7-11-23(14-21)35-3)27(33)18-36-26-13-12-22(29)16-24(26)30/h4-14,16,19,25H,15,17-18H2,1-3H3,(H,31,34)/t25-/m0/s1. The molecule has 0 saturated carbocycles. The van der Waals surface area contributed by atoms with Crippen molar-refractivity contribution in [2.45, 2.75) is 38.9 Å². The van der Waals surface area contributed by atoms with Gasteiger partial charge in [-0.2, -0.15) is 0 Å². The number of halogens is 2. The molecule has 1 N–H and O–H groups in total. The van der Waals surface area contributed by atoms with E-state index in [0.717, 1.165) is 15.6 Å². The van der Waals surface area contributed by atoms with Crippen molar-refractivity contribution in [2.24, 2.45) is 0 Å². The van der Waals surface area contributed by atoms with Crippen molar-refractivity contribution < 1.29 is 19.1 Å². The molecule has 0 radical (unpaired) electrons. The highest BCUT2D eigenvalue weighted by molar-refractivity contribution is 9.10. The molecule has 190 valence electrons. The summed E-state index contributed by atoms with van der Waals surface area (Å²) in [4.78, 5) is 28.6. The van der Waals surface area contributed by atoms with Crippen LogP contribution in [0.3, 0.4) is 0 Å². The van der Waals surface area contributed by atoms with Gasteiger partial charge in [-0.1, -0.05) is 70.0 Å². The summed E-state index contributed by atoms with van der Waals surface area (Å²) in [6, 6.07) is 21.4. The second-order valence-corrected chi connectivity index (χ2v) is 9.93. The van der Waals surface area contributed by atoms with Crippen molar-refractivity contribution in [1.29, 1.82) is 0 Å². The smallest absolute Gasteiger partial charge is 0.261 e. The van der Waals surface area contributed by atoms with Gasteiger partial charge in [0.2, 0.25) is 5.91 Å². The zero-order valence-electron chi connectivity index (χ0n) is 20.5. The zero-order valence-corrected chi connectivity index (χ0v) is 22.9. The van der Waals surface area contributed by atoms with Crippen LogP contribution in [0.5, 0.6) is 11.5 Å². The maximum Gasteiger partial charge on any atom is 0.261 e. The number of benzene rings is 3. The summed E-state index contributed by atoms with van der Waals surface area (Å²) < 4.78 is 11.9. The lowest BCUT2D eigenvalue weighted by Crippen LogP contribution is -2.52. The predicted octanol–water partition coefficient (Wildman–Crippen LogP) is 5.65. The van der Waals surface area contributed by atoms with Gasteiger partial charge in [-0.15, -0.1) is 0 Å². The summed E-state index contributed by atoms with van der Waals surface area (Å²) in [5.74, 6) is 0.494. The van der Waals surface area contributed by atoms with Crippen LogP contribution in [0.4, 0.5) is 0 Å². The molecule has 0 heterocycles. The molecular formula is C28H30BrClN2O4. The Bertz CT molecular complexity index is 1170. The van der Waals surface area contributed by atoms with Crippen molar-refractivity contribution in [3.05, 3.63) is 93.4 Å². The second kappa shape index (κ2) is 13.3. The van der Waals surface area contributed by atoms with Gasteiger partial charge in [0.15, 0.2) is 6.61 Å². The lowest BCUT2D eigenvalue weighted by atomic mass is 10.0. The van der Waals surface area contributed by atoms with E-state index in [-0.39, 0.29) is 31.0 Å². The first-order valence-corrected chi connectivity index (χ1v) is 12.8. The van der Waals surface area contributed by atoms with E-state index in [0.29, 0.717) is 22.9 Å². The Morgan fingerprint density at radius 3 is 2.39 bits per heavy atom. The Hall–Kier alpha value is -3.03. The average molecular weight is 574 g/mol. The molecule has 0 aromatic heterocycles. The van der Waals surface area contributed by atoms with E-state index >= 15 is 0 Å². The van der Waals surface area contributed by atoms with Gasteiger partial charge in [0.25, 0.3) is 5.91 Å². The number of carbonyl (C=O) groups excluding carboxylic acids is 2. The molecule has 8 heteroatoms. The monoisotopic (exact) mass is 572 g/mol. The summed E-state index contributed by atoms with van der Waals surface area (Å²) in [6.07, 6.45) is 0.355. The molecule has 3 rings (SSSR count). The highest BCUT2D eigenvalue weighted by atomic mass is 79.9.